The number of morpholine rings is 1. The number of benzene rings is 4. The summed E-state index contributed by atoms with van der Waals surface area (Å²) in [5, 5.41) is 0.451. The third kappa shape index (κ3) is 4.44. The number of halogens is 1. The first-order valence-electron chi connectivity index (χ1n) is 13.0. The molecule has 4 aromatic carbocycles. The lowest BCUT2D eigenvalue weighted by Crippen LogP contribution is -2.56. The fraction of sp³-hybridized carbons (Fsp3) is 0.182. The first-order chi connectivity index (χ1) is 18.8. The summed E-state index contributed by atoms with van der Waals surface area (Å²) in [6.07, 6.45) is 1.48. The van der Waals surface area contributed by atoms with Crippen molar-refractivity contribution < 1.29 is 13.9 Å². The lowest BCUT2D eigenvalue weighted by Gasteiger charge is -2.48. The van der Waals surface area contributed by atoms with Crippen molar-refractivity contribution >= 4 is 10.9 Å². The van der Waals surface area contributed by atoms with Gasteiger partial charge in [0.15, 0.2) is 0 Å². The van der Waals surface area contributed by atoms with E-state index >= 15 is 0 Å². The second-order valence-electron chi connectivity index (χ2n) is 9.50. The highest BCUT2D eigenvalue weighted by molar-refractivity contribution is 5.84. The van der Waals surface area contributed by atoms with E-state index in [1.807, 2.05) is 0 Å². The number of rotatable bonds is 7. The van der Waals surface area contributed by atoms with Gasteiger partial charge in [-0.1, -0.05) is 91.0 Å². The van der Waals surface area contributed by atoms with E-state index in [4.69, 9.17) is 9.47 Å². The van der Waals surface area contributed by atoms with Crippen molar-refractivity contribution in [3.8, 4) is 5.75 Å². The minimum Gasteiger partial charge on any atom is -0.489 e. The summed E-state index contributed by atoms with van der Waals surface area (Å²) in [4.78, 5) is 6.87. The van der Waals surface area contributed by atoms with Crippen molar-refractivity contribution in [3.63, 3.8) is 0 Å². The number of hydrogen-bond donors (Lipinski definition) is 0. The van der Waals surface area contributed by atoms with Gasteiger partial charge in [0.05, 0.1) is 12.1 Å². The van der Waals surface area contributed by atoms with E-state index in [1.54, 1.807) is 24.4 Å². The second-order valence-corrected chi connectivity index (χ2v) is 9.50. The molecule has 1 atom stereocenters. The molecule has 0 spiro atoms. The maximum absolute atomic E-state index is 14.3. The quantitative estimate of drug-likeness (QED) is 0.239. The van der Waals surface area contributed by atoms with Crippen LogP contribution in [0.2, 0.25) is 0 Å². The molecule has 6 rings (SSSR count). The number of nitrogens with zero attached hydrogens (tertiary/aromatic N) is 2. The van der Waals surface area contributed by atoms with Gasteiger partial charge in [-0.05, 0) is 41.0 Å². The zero-order valence-electron chi connectivity index (χ0n) is 21.0. The maximum Gasteiger partial charge on any atom is 0.145 e. The van der Waals surface area contributed by atoms with Crippen LogP contribution in [0.25, 0.3) is 10.9 Å². The highest BCUT2D eigenvalue weighted by atomic mass is 19.1. The van der Waals surface area contributed by atoms with Crippen LogP contribution in [0.1, 0.15) is 16.7 Å². The predicted octanol–water partition coefficient (Wildman–Crippen LogP) is 6.45. The lowest BCUT2D eigenvalue weighted by atomic mass is 9.75. The molecule has 4 nitrogen and oxygen atoms in total. The molecule has 5 heteroatoms. The molecule has 2 heterocycles. The first-order valence-corrected chi connectivity index (χ1v) is 13.0. The Hall–Kier alpha value is -4.06. The number of fused-ring (bicyclic) bond motifs is 1. The minimum absolute atomic E-state index is 0.178. The van der Waals surface area contributed by atoms with Crippen molar-refractivity contribution in [1.82, 2.24) is 9.88 Å². The molecular weight excluding hydrogens is 475 g/mol. The van der Waals surface area contributed by atoms with E-state index < -0.39 is 5.54 Å². The molecule has 1 saturated heterocycles. The molecule has 5 aromatic rings. The molecule has 0 saturated carbocycles. The van der Waals surface area contributed by atoms with Crippen molar-refractivity contribution in [3.05, 3.63) is 144 Å². The Balaban J connectivity index is 1.36. The first kappa shape index (κ1) is 24.3. The standard InChI is InChI=1S/C33H29FN2O2/c34-30-18-19-31(32-29(30)17-10-20-35-32)38-24-28-23-36(21-22-37-28)33(25-11-4-1-5-12-25,26-13-6-2-7-14-26)27-15-8-3-9-16-27/h1-20,28H,21-24H2. The monoisotopic (exact) mass is 504 g/mol. The van der Waals surface area contributed by atoms with Gasteiger partial charge in [0.25, 0.3) is 0 Å². The Bertz CT molecular complexity index is 1400. The third-order valence-electron chi connectivity index (χ3n) is 7.29. The van der Waals surface area contributed by atoms with E-state index in [0.29, 0.717) is 36.4 Å². The second kappa shape index (κ2) is 10.7. The van der Waals surface area contributed by atoms with Gasteiger partial charge in [-0.3, -0.25) is 9.88 Å². The highest BCUT2D eigenvalue weighted by Crippen LogP contribution is 2.43. The van der Waals surface area contributed by atoms with Crippen LogP contribution in [0.15, 0.2) is 121 Å². The fourth-order valence-electron chi connectivity index (χ4n) is 5.62. The Morgan fingerprint density at radius 3 is 2.00 bits per heavy atom. The minimum atomic E-state index is -0.504. The predicted molar refractivity (Wildman–Crippen MR) is 148 cm³/mol. The third-order valence-corrected chi connectivity index (χ3v) is 7.29. The summed E-state index contributed by atoms with van der Waals surface area (Å²) in [5.41, 5.74) is 3.62. The molecule has 1 unspecified atom stereocenters. The van der Waals surface area contributed by atoms with Gasteiger partial charge in [0, 0.05) is 24.7 Å². The molecule has 1 aromatic heterocycles. The van der Waals surface area contributed by atoms with E-state index in [0.717, 1.165) is 6.54 Å². The molecule has 1 fully saturated rings. The summed E-state index contributed by atoms with van der Waals surface area (Å²) < 4.78 is 26.7. The summed E-state index contributed by atoms with van der Waals surface area (Å²) in [6.45, 7) is 2.33. The fourth-order valence-corrected chi connectivity index (χ4v) is 5.62. The van der Waals surface area contributed by atoms with Gasteiger partial charge in [0.2, 0.25) is 0 Å². The zero-order chi connectivity index (χ0) is 25.8. The van der Waals surface area contributed by atoms with Gasteiger partial charge in [0.1, 0.15) is 29.8 Å². The smallest absolute Gasteiger partial charge is 0.145 e. The van der Waals surface area contributed by atoms with Crippen molar-refractivity contribution in [2.45, 2.75) is 11.6 Å². The van der Waals surface area contributed by atoms with Crippen molar-refractivity contribution in [2.75, 3.05) is 26.3 Å². The molecular formula is C33H29FN2O2. The van der Waals surface area contributed by atoms with Crippen LogP contribution in [-0.4, -0.2) is 42.3 Å². The summed E-state index contributed by atoms with van der Waals surface area (Å²) in [7, 11) is 0. The van der Waals surface area contributed by atoms with Crippen LogP contribution in [0.3, 0.4) is 0 Å². The van der Waals surface area contributed by atoms with Crippen molar-refractivity contribution in [2.24, 2.45) is 0 Å². The van der Waals surface area contributed by atoms with E-state index in [2.05, 4.69) is 101 Å². The summed E-state index contributed by atoms with van der Waals surface area (Å²) >= 11 is 0. The molecule has 1 aliphatic rings. The van der Waals surface area contributed by atoms with Gasteiger partial charge in [-0.25, -0.2) is 4.39 Å². The van der Waals surface area contributed by atoms with Crippen LogP contribution in [0.4, 0.5) is 4.39 Å². The van der Waals surface area contributed by atoms with Crippen molar-refractivity contribution in [1.29, 1.82) is 0 Å². The van der Waals surface area contributed by atoms with Crippen LogP contribution in [0, 0.1) is 5.82 Å². The molecule has 38 heavy (non-hydrogen) atoms. The molecule has 0 radical (unpaired) electrons. The molecule has 0 N–H and O–H groups in total. The summed E-state index contributed by atoms with van der Waals surface area (Å²) in [5.74, 6) is 0.252. The topological polar surface area (TPSA) is 34.6 Å². The maximum atomic E-state index is 14.3. The average molecular weight is 505 g/mol. The van der Waals surface area contributed by atoms with Crippen LogP contribution in [-0.2, 0) is 10.3 Å². The number of aromatic nitrogens is 1. The van der Waals surface area contributed by atoms with Gasteiger partial charge >= 0.3 is 0 Å². The Morgan fingerprint density at radius 1 is 0.789 bits per heavy atom. The molecule has 190 valence electrons. The van der Waals surface area contributed by atoms with Gasteiger partial charge < -0.3 is 9.47 Å². The summed E-state index contributed by atoms with van der Waals surface area (Å²) in [6, 6.07) is 38.5. The number of ether oxygens (including phenoxy) is 2. The van der Waals surface area contributed by atoms with E-state index in [1.165, 1.54) is 22.8 Å². The zero-order valence-corrected chi connectivity index (χ0v) is 21.0. The SMILES string of the molecule is Fc1ccc(OCC2CN(C(c3ccccc3)(c3ccccc3)c3ccccc3)CCO2)c2ncccc12. The van der Waals surface area contributed by atoms with E-state index in [-0.39, 0.29) is 11.9 Å². The average Bonchev–Trinajstić information content (AvgIpc) is 2.99. The number of pyridine rings is 1. The van der Waals surface area contributed by atoms with Crippen LogP contribution < -0.4 is 4.74 Å². The Kier molecular flexibility index (Phi) is 6.86. The Labute approximate surface area is 222 Å². The molecule has 1 aliphatic heterocycles. The Morgan fingerprint density at radius 2 is 1.39 bits per heavy atom. The molecule has 0 aliphatic carbocycles. The largest absolute Gasteiger partial charge is 0.489 e. The van der Waals surface area contributed by atoms with E-state index in [9.17, 15) is 4.39 Å². The molecule has 0 bridgehead atoms. The van der Waals surface area contributed by atoms with Crippen LogP contribution >= 0.6 is 0 Å². The highest BCUT2D eigenvalue weighted by Gasteiger charge is 2.44. The van der Waals surface area contributed by atoms with Gasteiger partial charge in [-0.15, -0.1) is 0 Å². The van der Waals surface area contributed by atoms with Crippen LogP contribution in [0.5, 0.6) is 5.75 Å². The lowest BCUT2D eigenvalue weighted by molar-refractivity contribution is -0.0693. The molecule has 0 amide bonds. The van der Waals surface area contributed by atoms with Gasteiger partial charge in [-0.2, -0.15) is 0 Å². The normalized spacial score (nSPS) is 16.4. The number of hydrogen-bond acceptors (Lipinski definition) is 4.